The van der Waals surface area contributed by atoms with E-state index in [2.05, 4.69) is 5.16 Å². The maximum absolute atomic E-state index is 8.09. The molecule has 0 saturated heterocycles. The predicted octanol–water partition coefficient (Wildman–Crippen LogP) is -0.853. The third kappa shape index (κ3) is 2.13. The summed E-state index contributed by atoms with van der Waals surface area (Å²) in [6.45, 7) is 1.30. The first-order valence-electron chi connectivity index (χ1n) is 1.73. The van der Waals surface area contributed by atoms with E-state index >= 15 is 0 Å². The summed E-state index contributed by atoms with van der Waals surface area (Å²) in [6, 6.07) is 0. The molecule has 0 atom stereocenters. The standard InChI is InChI=1S/C3H7NO3/c1-2(4-7)3(5)6/h3,5-7H,1H3. The molecule has 0 aromatic heterocycles. The lowest BCUT2D eigenvalue weighted by molar-refractivity contribution is 0.0167. The Hall–Kier alpha value is -0.610. The van der Waals surface area contributed by atoms with Crippen LogP contribution in [0.25, 0.3) is 0 Å². The van der Waals surface area contributed by atoms with Crippen LogP contribution >= 0.6 is 0 Å². The second-order valence-corrected chi connectivity index (χ2v) is 1.12. The summed E-state index contributed by atoms with van der Waals surface area (Å²) in [5, 5.41) is 26.4. The summed E-state index contributed by atoms with van der Waals surface area (Å²) in [5.74, 6) is 0. The van der Waals surface area contributed by atoms with E-state index in [9.17, 15) is 0 Å². The summed E-state index contributed by atoms with van der Waals surface area (Å²) in [5.41, 5.74) is -0.111. The minimum Gasteiger partial charge on any atom is -0.411 e. The zero-order valence-corrected chi connectivity index (χ0v) is 3.87. The van der Waals surface area contributed by atoms with Gasteiger partial charge in [0.05, 0.1) is 0 Å². The number of hydrogen-bond donors (Lipinski definition) is 3. The molecule has 0 unspecified atom stereocenters. The summed E-state index contributed by atoms with van der Waals surface area (Å²) < 4.78 is 0. The molecule has 0 saturated carbocycles. The number of hydrogen-bond acceptors (Lipinski definition) is 4. The van der Waals surface area contributed by atoms with E-state index in [0.29, 0.717) is 0 Å². The molecule has 0 spiro atoms. The van der Waals surface area contributed by atoms with Crippen LogP contribution in [0.4, 0.5) is 0 Å². The van der Waals surface area contributed by atoms with Gasteiger partial charge in [0.1, 0.15) is 5.71 Å². The Morgan fingerprint density at radius 1 is 1.57 bits per heavy atom. The van der Waals surface area contributed by atoms with Crippen molar-refractivity contribution in [2.75, 3.05) is 0 Å². The Balaban J connectivity index is 3.56. The van der Waals surface area contributed by atoms with E-state index in [1.54, 1.807) is 0 Å². The molecule has 0 radical (unpaired) electrons. The van der Waals surface area contributed by atoms with Crippen molar-refractivity contribution in [1.29, 1.82) is 0 Å². The number of rotatable bonds is 1. The Labute approximate surface area is 40.7 Å². The zero-order chi connectivity index (χ0) is 5.86. The van der Waals surface area contributed by atoms with Crippen molar-refractivity contribution in [3.8, 4) is 0 Å². The van der Waals surface area contributed by atoms with Gasteiger partial charge in [-0.1, -0.05) is 5.16 Å². The Kier molecular flexibility index (Phi) is 2.32. The Morgan fingerprint density at radius 2 is 2.00 bits per heavy atom. The van der Waals surface area contributed by atoms with Crippen LogP contribution < -0.4 is 0 Å². The fourth-order valence-electron chi connectivity index (χ4n) is 0.0516. The van der Waals surface area contributed by atoms with Crippen molar-refractivity contribution in [3.05, 3.63) is 0 Å². The van der Waals surface area contributed by atoms with E-state index in [1.807, 2.05) is 0 Å². The molecule has 0 aromatic rings. The fourth-order valence-corrected chi connectivity index (χ4v) is 0.0516. The zero-order valence-electron chi connectivity index (χ0n) is 3.87. The van der Waals surface area contributed by atoms with E-state index in [4.69, 9.17) is 15.4 Å². The lowest BCUT2D eigenvalue weighted by atomic mass is 10.4. The molecule has 0 bridgehead atoms. The van der Waals surface area contributed by atoms with Crippen LogP contribution in [0, 0.1) is 0 Å². The van der Waals surface area contributed by atoms with Crippen molar-refractivity contribution >= 4 is 5.71 Å². The van der Waals surface area contributed by atoms with Crippen molar-refractivity contribution in [2.45, 2.75) is 13.2 Å². The molecule has 0 aliphatic rings. The molecule has 7 heavy (non-hydrogen) atoms. The molecule has 4 heteroatoms. The van der Waals surface area contributed by atoms with Crippen LogP contribution in [0.1, 0.15) is 6.92 Å². The molecular formula is C3H7NO3. The lowest BCUT2D eigenvalue weighted by Crippen LogP contribution is -2.15. The van der Waals surface area contributed by atoms with Gasteiger partial charge in [-0.15, -0.1) is 0 Å². The topological polar surface area (TPSA) is 73.1 Å². The smallest absolute Gasteiger partial charge is 0.195 e. The molecule has 42 valence electrons. The van der Waals surface area contributed by atoms with Crippen LogP contribution in [0.5, 0.6) is 0 Å². The van der Waals surface area contributed by atoms with Gasteiger partial charge in [0.15, 0.2) is 6.29 Å². The molecule has 0 amide bonds. The van der Waals surface area contributed by atoms with Gasteiger partial charge in [-0.05, 0) is 6.92 Å². The number of aliphatic hydroxyl groups excluding tert-OH is 1. The monoisotopic (exact) mass is 105 g/mol. The molecule has 0 fully saturated rings. The molecule has 3 N–H and O–H groups in total. The van der Waals surface area contributed by atoms with Gasteiger partial charge in [0.2, 0.25) is 0 Å². The maximum Gasteiger partial charge on any atom is 0.195 e. The molecule has 4 nitrogen and oxygen atoms in total. The molecule has 0 aliphatic carbocycles. The fraction of sp³-hybridized carbons (Fsp3) is 0.667. The van der Waals surface area contributed by atoms with Gasteiger partial charge in [0, 0.05) is 0 Å². The first-order chi connectivity index (χ1) is 3.18. The van der Waals surface area contributed by atoms with E-state index in [0.717, 1.165) is 0 Å². The van der Waals surface area contributed by atoms with Gasteiger partial charge in [-0.2, -0.15) is 0 Å². The van der Waals surface area contributed by atoms with E-state index in [-0.39, 0.29) is 5.71 Å². The van der Waals surface area contributed by atoms with Crippen LogP contribution in [0.2, 0.25) is 0 Å². The summed E-state index contributed by atoms with van der Waals surface area (Å²) in [7, 11) is 0. The normalized spacial score (nSPS) is 12.9. The average molecular weight is 105 g/mol. The van der Waals surface area contributed by atoms with Gasteiger partial charge in [-0.3, -0.25) is 0 Å². The van der Waals surface area contributed by atoms with E-state index < -0.39 is 6.29 Å². The summed E-state index contributed by atoms with van der Waals surface area (Å²) >= 11 is 0. The van der Waals surface area contributed by atoms with Crippen LogP contribution in [-0.2, 0) is 0 Å². The molecule has 0 aliphatic heterocycles. The molecular weight excluding hydrogens is 98.0 g/mol. The Morgan fingerprint density at radius 3 is 2.00 bits per heavy atom. The second kappa shape index (κ2) is 2.54. The molecule has 0 heterocycles. The quantitative estimate of drug-likeness (QED) is 0.176. The Bertz CT molecular complexity index is 78.2. The first kappa shape index (κ1) is 6.39. The number of oxime groups is 1. The average Bonchev–Trinajstić information content (AvgIpc) is 1.65. The lowest BCUT2D eigenvalue weighted by Gasteiger charge is -1.95. The minimum absolute atomic E-state index is 0.111. The highest BCUT2D eigenvalue weighted by Crippen LogP contribution is 1.78. The summed E-state index contributed by atoms with van der Waals surface area (Å²) in [6.07, 6.45) is -1.63. The van der Waals surface area contributed by atoms with Crippen LogP contribution in [-0.4, -0.2) is 27.4 Å². The highest BCUT2D eigenvalue weighted by atomic mass is 16.5. The van der Waals surface area contributed by atoms with E-state index in [1.165, 1.54) is 6.92 Å². The van der Waals surface area contributed by atoms with Gasteiger partial charge < -0.3 is 15.4 Å². The summed E-state index contributed by atoms with van der Waals surface area (Å²) in [4.78, 5) is 0. The predicted molar refractivity (Wildman–Crippen MR) is 23.1 cm³/mol. The van der Waals surface area contributed by atoms with Crippen molar-refractivity contribution in [1.82, 2.24) is 0 Å². The van der Waals surface area contributed by atoms with Gasteiger partial charge in [0.25, 0.3) is 0 Å². The van der Waals surface area contributed by atoms with Gasteiger partial charge >= 0.3 is 0 Å². The van der Waals surface area contributed by atoms with Crippen molar-refractivity contribution in [2.24, 2.45) is 5.16 Å². The maximum atomic E-state index is 8.09. The SMILES string of the molecule is CC(=NO)C(O)O. The van der Waals surface area contributed by atoms with Crippen molar-refractivity contribution < 1.29 is 15.4 Å². The highest BCUT2D eigenvalue weighted by Gasteiger charge is 1.98. The minimum atomic E-state index is -1.63. The number of nitrogens with zero attached hydrogens (tertiary/aromatic N) is 1. The van der Waals surface area contributed by atoms with Crippen molar-refractivity contribution in [3.63, 3.8) is 0 Å². The molecule has 0 rings (SSSR count). The van der Waals surface area contributed by atoms with Gasteiger partial charge in [-0.25, -0.2) is 0 Å². The largest absolute Gasteiger partial charge is 0.411 e. The molecule has 0 aromatic carbocycles. The van der Waals surface area contributed by atoms with Crippen LogP contribution in [0.15, 0.2) is 5.16 Å². The third-order valence-corrected chi connectivity index (χ3v) is 0.531. The first-order valence-corrected chi connectivity index (χ1v) is 1.73. The third-order valence-electron chi connectivity index (χ3n) is 0.531. The second-order valence-electron chi connectivity index (χ2n) is 1.12. The number of aliphatic hydroxyl groups is 2. The highest BCUT2D eigenvalue weighted by molar-refractivity contribution is 5.83. The van der Waals surface area contributed by atoms with Crippen LogP contribution in [0.3, 0.4) is 0 Å².